The summed E-state index contributed by atoms with van der Waals surface area (Å²) in [7, 11) is -1.66. The molecule has 1 unspecified atom stereocenters. The molecule has 0 saturated carbocycles. The summed E-state index contributed by atoms with van der Waals surface area (Å²) in [6, 6.07) is 11.5. The maximum Gasteiger partial charge on any atom is 0.242 e. The first-order valence-corrected chi connectivity index (χ1v) is 8.38. The van der Waals surface area contributed by atoms with Crippen LogP contribution in [0.25, 0.3) is 0 Å². The lowest BCUT2D eigenvalue weighted by molar-refractivity contribution is 0.575. The van der Waals surface area contributed by atoms with Gasteiger partial charge in [-0.25, -0.2) is 13.1 Å². The minimum absolute atomic E-state index is 0.122. The Hall–Kier alpha value is -1.63. The molecule has 0 saturated heterocycles. The van der Waals surface area contributed by atoms with E-state index >= 15 is 0 Å². The molecule has 0 amide bonds. The number of H-pyrrole nitrogens is 1. The molecule has 114 valence electrons. The second-order valence-electron chi connectivity index (χ2n) is 5.05. The topological polar surface area (TPSA) is 74.0 Å². The lowest BCUT2D eigenvalue weighted by Gasteiger charge is -2.12. The van der Waals surface area contributed by atoms with Crippen LogP contribution in [0.15, 0.2) is 47.5 Å². The molecule has 1 aromatic heterocycles. The number of aromatic nitrogens is 1. The lowest BCUT2D eigenvalue weighted by atomic mass is 10.0. The van der Waals surface area contributed by atoms with Crippen molar-refractivity contribution >= 4 is 10.0 Å². The highest BCUT2D eigenvalue weighted by Crippen LogP contribution is 2.15. The molecule has 0 fully saturated rings. The average Bonchev–Trinajstić information content (AvgIpc) is 2.96. The Morgan fingerprint density at radius 3 is 2.62 bits per heavy atom. The monoisotopic (exact) mass is 307 g/mol. The van der Waals surface area contributed by atoms with Crippen molar-refractivity contribution in [3.05, 3.63) is 53.9 Å². The van der Waals surface area contributed by atoms with Gasteiger partial charge in [-0.1, -0.05) is 37.3 Å². The summed E-state index contributed by atoms with van der Waals surface area (Å²) in [5.41, 5.74) is 1.96. The molecule has 0 aliphatic carbocycles. The van der Waals surface area contributed by atoms with Crippen LogP contribution in [0.5, 0.6) is 0 Å². The zero-order valence-electron chi connectivity index (χ0n) is 12.3. The summed E-state index contributed by atoms with van der Waals surface area (Å²) in [4.78, 5) is 3.22. The summed E-state index contributed by atoms with van der Waals surface area (Å²) >= 11 is 0. The molecule has 0 aliphatic heterocycles. The quantitative estimate of drug-likeness (QED) is 0.730. The molecule has 1 atom stereocenters. The van der Waals surface area contributed by atoms with Crippen molar-refractivity contribution in [3.63, 3.8) is 0 Å². The van der Waals surface area contributed by atoms with E-state index in [1.165, 1.54) is 6.20 Å². The zero-order chi connectivity index (χ0) is 15.3. The number of aromatic amines is 1. The molecule has 6 heteroatoms. The van der Waals surface area contributed by atoms with E-state index in [1.807, 2.05) is 44.3 Å². The van der Waals surface area contributed by atoms with Gasteiger partial charge in [-0.15, -0.1) is 0 Å². The van der Waals surface area contributed by atoms with Gasteiger partial charge in [-0.3, -0.25) is 0 Å². The Morgan fingerprint density at radius 2 is 1.95 bits per heavy atom. The van der Waals surface area contributed by atoms with Crippen molar-refractivity contribution in [2.45, 2.75) is 24.3 Å². The number of benzene rings is 1. The molecule has 2 rings (SSSR count). The molecule has 1 aromatic carbocycles. The number of hydrogen-bond donors (Lipinski definition) is 3. The highest BCUT2D eigenvalue weighted by Gasteiger charge is 2.17. The largest absolute Gasteiger partial charge is 0.363 e. The predicted octanol–water partition coefficient (Wildman–Crippen LogP) is 1.82. The third kappa shape index (κ3) is 4.17. The van der Waals surface area contributed by atoms with Gasteiger partial charge in [-0.05, 0) is 24.6 Å². The summed E-state index contributed by atoms with van der Waals surface area (Å²) in [6.45, 7) is 2.98. The molecular weight excluding hydrogens is 286 g/mol. The highest BCUT2D eigenvalue weighted by atomic mass is 32.2. The fourth-order valence-electron chi connectivity index (χ4n) is 2.08. The van der Waals surface area contributed by atoms with Crippen molar-refractivity contribution in [2.75, 3.05) is 13.6 Å². The van der Waals surface area contributed by atoms with Crippen molar-refractivity contribution < 1.29 is 8.42 Å². The number of nitrogens with one attached hydrogen (secondary N) is 3. The molecule has 0 aliphatic rings. The first kappa shape index (κ1) is 15.8. The van der Waals surface area contributed by atoms with Crippen molar-refractivity contribution in [3.8, 4) is 0 Å². The molecule has 2 aromatic rings. The molecule has 0 bridgehead atoms. The van der Waals surface area contributed by atoms with Gasteiger partial charge in [0.15, 0.2) is 0 Å². The molecule has 0 radical (unpaired) electrons. The Kier molecular flexibility index (Phi) is 5.17. The van der Waals surface area contributed by atoms with Crippen LogP contribution in [0, 0.1) is 0 Å². The third-order valence-corrected chi connectivity index (χ3v) is 4.74. The van der Waals surface area contributed by atoms with Gasteiger partial charge in [0, 0.05) is 25.0 Å². The number of sulfonamides is 1. The number of hydrogen-bond acceptors (Lipinski definition) is 3. The highest BCUT2D eigenvalue weighted by molar-refractivity contribution is 7.89. The Labute approximate surface area is 125 Å². The SMILES string of the molecule is CNCc1cc(S(=O)(=O)NCC(C)c2ccccc2)c[nH]1. The molecule has 3 N–H and O–H groups in total. The van der Waals surface area contributed by atoms with Gasteiger partial charge in [0.2, 0.25) is 10.0 Å². The fraction of sp³-hybridized carbons (Fsp3) is 0.333. The minimum atomic E-state index is -3.47. The minimum Gasteiger partial charge on any atom is -0.363 e. The van der Waals surface area contributed by atoms with Crippen LogP contribution in [0.1, 0.15) is 24.1 Å². The van der Waals surface area contributed by atoms with Gasteiger partial charge < -0.3 is 10.3 Å². The maximum atomic E-state index is 12.2. The van der Waals surface area contributed by atoms with E-state index in [2.05, 4.69) is 15.0 Å². The molecular formula is C15H21N3O2S. The molecule has 21 heavy (non-hydrogen) atoms. The summed E-state index contributed by atoms with van der Waals surface area (Å²) in [5, 5.41) is 2.97. The van der Waals surface area contributed by atoms with Gasteiger partial charge in [0.05, 0.1) is 4.90 Å². The first-order chi connectivity index (χ1) is 10.0. The Balaban J connectivity index is 2.00. The van der Waals surface area contributed by atoms with E-state index < -0.39 is 10.0 Å². The van der Waals surface area contributed by atoms with E-state index in [0.717, 1.165) is 11.3 Å². The van der Waals surface area contributed by atoms with Crippen molar-refractivity contribution in [2.24, 2.45) is 0 Å². The van der Waals surface area contributed by atoms with E-state index in [9.17, 15) is 8.42 Å². The van der Waals surface area contributed by atoms with E-state index in [0.29, 0.717) is 13.1 Å². The van der Waals surface area contributed by atoms with Crippen LogP contribution < -0.4 is 10.0 Å². The smallest absolute Gasteiger partial charge is 0.242 e. The van der Waals surface area contributed by atoms with Crippen LogP contribution in [0.4, 0.5) is 0 Å². The maximum absolute atomic E-state index is 12.2. The second-order valence-corrected chi connectivity index (χ2v) is 6.82. The fourth-order valence-corrected chi connectivity index (χ4v) is 3.23. The summed E-state index contributed by atoms with van der Waals surface area (Å²) < 4.78 is 27.1. The van der Waals surface area contributed by atoms with Gasteiger partial charge in [-0.2, -0.15) is 0 Å². The summed E-state index contributed by atoms with van der Waals surface area (Å²) in [6.07, 6.45) is 1.52. The normalized spacial score (nSPS) is 13.2. The molecule has 5 nitrogen and oxygen atoms in total. The van der Waals surface area contributed by atoms with E-state index in [1.54, 1.807) is 6.07 Å². The molecule has 1 heterocycles. The lowest BCUT2D eigenvalue weighted by Crippen LogP contribution is -2.27. The first-order valence-electron chi connectivity index (χ1n) is 6.89. The van der Waals surface area contributed by atoms with Crippen LogP contribution in [0.3, 0.4) is 0 Å². The van der Waals surface area contributed by atoms with Crippen LogP contribution in [-0.2, 0) is 16.6 Å². The second kappa shape index (κ2) is 6.89. The third-order valence-electron chi connectivity index (χ3n) is 3.34. The zero-order valence-corrected chi connectivity index (χ0v) is 13.1. The van der Waals surface area contributed by atoms with Crippen LogP contribution >= 0.6 is 0 Å². The van der Waals surface area contributed by atoms with E-state index in [-0.39, 0.29) is 10.8 Å². The van der Waals surface area contributed by atoms with Gasteiger partial charge in [0.25, 0.3) is 0 Å². The Bertz CT molecular complexity index is 665. The Morgan fingerprint density at radius 1 is 1.24 bits per heavy atom. The van der Waals surface area contributed by atoms with Crippen LogP contribution in [-0.4, -0.2) is 27.0 Å². The average molecular weight is 307 g/mol. The van der Waals surface area contributed by atoms with E-state index in [4.69, 9.17) is 0 Å². The summed E-state index contributed by atoms with van der Waals surface area (Å²) in [5.74, 6) is 0.122. The van der Waals surface area contributed by atoms with Gasteiger partial charge >= 0.3 is 0 Å². The number of rotatable bonds is 7. The van der Waals surface area contributed by atoms with Crippen LogP contribution in [0.2, 0.25) is 0 Å². The molecule has 0 spiro atoms. The van der Waals surface area contributed by atoms with Crippen molar-refractivity contribution in [1.82, 2.24) is 15.0 Å². The van der Waals surface area contributed by atoms with Gasteiger partial charge in [0.1, 0.15) is 0 Å². The predicted molar refractivity (Wildman–Crippen MR) is 83.6 cm³/mol. The van der Waals surface area contributed by atoms with Crippen molar-refractivity contribution in [1.29, 1.82) is 0 Å². The standard InChI is InChI=1S/C15H21N3O2S/c1-12(13-6-4-3-5-7-13)9-18-21(19,20)15-8-14(10-16-2)17-11-15/h3-8,11-12,16-18H,9-10H2,1-2H3.